The fourth-order valence-corrected chi connectivity index (χ4v) is 3.61. The standard InChI is InChI=1S/C17H32N6S/c1-18-16(20-13-15-14-24-17(21-15)22(2)3)19-9-8-12-23-10-6-4-5-7-11-23/h14H,4-13H2,1-3H3,(H2,18,19,20). The first kappa shape index (κ1) is 19.0. The Morgan fingerprint density at radius 1 is 1.25 bits per heavy atom. The first-order chi connectivity index (χ1) is 11.7. The van der Waals surface area contributed by atoms with Crippen molar-refractivity contribution in [3.05, 3.63) is 11.1 Å². The number of hydrogen-bond acceptors (Lipinski definition) is 5. The maximum Gasteiger partial charge on any atom is 0.191 e. The molecule has 0 spiro atoms. The Morgan fingerprint density at radius 2 is 2.00 bits per heavy atom. The predicted octanol–water partition coefficient (Wildman–Crippen LogP) is 2.14. The Bertz CT molecular complexity index is 491. The van der Waals surface area contributed by atoms with Crippen LogP contribution in [-0.2, 0) is 6.54 Å². The number of guanidine groups is 1. The first-order valence-corrected chi connectivity index (χ1v) is 9.85. The van der Waals surface area contributed by atoms with Gasteiger partial charge in [0.15, 0.2) is 11.1 Å². The lowest BCUT2D eigenvalue weighted by Crippen LogP contribution is -2.38. The summed E-state index contributed by atoms with van der Waals surface area (Å²) in [7, 11) is 5.85. The average molecular weight is 353 g/mol. The molecule has 1 aromatic heterocycles. The fourth-order valence-electron chi connectivity index (χ4n) is 2.85. The number of likely N-dealkylation sites (tertiary alicyclic amines) is 1. The Hall–Kier alpha value is -1.34. The van der Waals surface area contributed by atoms with Crippen LogP contribution in [0.4, 0.5) is 5.13 Å². The van der Waals surface area contributed by atoms with Gasteiger partial charge in [-0.25, -0.2) is 4.98 Å². The zero-order valence-corrected chi connectivity index (χ0v) is 16.2. The number of aliphatic imine (C=N–C) groups is 1. The number of rotatable bonds is 7. The topological polar surface area (TPSA) is 55.8 Å². The van der Waals surface area contributed by atoms with Crippen molar-refractivity contribution in [2.24, 2.45) is 4.99 Å². The summed E-state index contributed by atoms with van der Waals surface area (Å²) in [4.78, 5) is 13.5. The minimum atomic E-state index is 0.705. The highest BCUT2D eigenvalue weighted by Crippen LogP contribution is 2.17. The van der Waals surface area contributed by atoms with Crippen LogP contribution in [0.2, 0.25) is 0 Å². The van der Waals surface area contributed by atoms with Crippen molar-refractivity contribution in [1.82, 2.24) is 20.5 Å². The second kappa shape index (κ2) is 10.5. The van der Waals surface area contributed by atoms with Crippen LogP contribution < -0.4 is 15.5 Å². The Labute approximate surface area is 150 Å². The molecule has 0 saturated carbocycles. The summed E-state index contributed by atoms with van der Waals surface area (Å²) in [6.07, 6.45) is 6.68. The molecule has 0 atom stereocenters. The van der Waals surface area contributed by atoms with Gasteiger partial charge < -0.3 is 20.4 Å². The Balaban J connectivity index is 1.63. The maximum atomic E-state index is 4.58. The monoisotopic (exact) mass is 352 g/mol. The molecule has 0 radical (unpaired) electrons. The summed E-state index contributed by atoms with van der Waals surface area (Å²) < 4.78 is 0. The molecule has 0 bridgehead atoms. The number of nitrogens with zero attached hydrogens (tertiary/aromatic N) is 4. The van der Waals surface area contributed by atoms with E-state index in [2.05, 4.69) is 30.9 Å². The molecule has 0 aromatic carbocycles. The van der Waals surface area contributed by atoms with E-state index in [1.54, 1.807) is 11.3 Å². The highest BCUT2D eigenvalue weighted by molar-refractivity contribution is 7.13. The van der Waals surface area contributed by atoms with Crippen molar-refractivity contribution in [1.29, 1.82) is 0 Å². The van der Waals surface area contributed by atoms with Gasteiger partial charge in [0.1, 0.15) is 0 Å². The summed E-state index contributed by atoms with van der Waals surface area (Å²) in [5, 5.41) is 9.87. The summed E-state index contributed by atoms with van der Waals surface area (Å²) in [6, 6.07) is 0. The smallest absolute Gasteiger partial charge is 0.191 e. The van der Waals surface area contributed by atoms with Gasteiger partial charge in [-0.3, -0.25) is 4.99 Å². The lowest BCUT2D eigenvalue weighted by Gasteiger charge is -2.20. The van der Waals surface area contributed by atoms with Crippen LogP contribution in [0.1, 0.15) is 37.8 Å². The van der Waals surface area contributed by atoms with E-state index in [0.717, 1.165) is 29.8 Å². The van der Waals surface area contributed by atoms with Gasteiger partial charge in [-0.15, -0.1) is 11.3 Å². The summed E-state index contributed by atoms with van der Waals surface area (Å²) in [5.41, 5.74) is 1.05. The maximum absolute atomic E-state index is 4.58. The van der Waals surface area contributed by atoms with Crippen molar-refractivity contribution < 1.29 is 0 Å². The van der Waals surface area contributed by atoms with Gasteiger partial charge in [0.05, 0.1) is 12.2 Å². The third-order valence-electron chi connectivity index (χ3n) is 4.23. The Kier molecular flexibility index (Phi) is 8.32. The first-order valence-electron chi connectivity index (χ1n) is 8.97. The number of aromatic nitrogens is 1. The van der Waals surface area contributed by atoms with Crippen LogP contribution in [0.3, 0.4) is 0 Å². The SMILES string of the molecule is CN=C(NCCCN1CCCCCC1)NCc1csc(N(C)C)n1. The molecule has 2 rings (SSSR count). The van der Waals surface area contributed by atoms with E-state index in [1.807, 2.05) is 26.0 Å². The quantitative estimate of drug-likeness (QED) is 0.447. The molecule has 2 heterocycles. The van der Waals surface area contributed by atoms with Gasteiger partial charge in [-0.05, 0) is 38.9 Å². The van der Waals surface area contributed by atoms with Crippen LogP contribution in [0.15, 0.2) is 10.4 Å². The number of hydrogen-bond donors (Lipinski definition) is 2. The van der Waals surface area contributed by atoms with E-state index >= 15 is 0 Å². The molecule has 6 nitrogen and oxygen atoms in total. The van der Waals surface area contributed by atoms with Gasteiger partial charge in [-0.2, -0.15) is 0 Å². The van der Waals surface area contributed by atoms with Crippen molar-refractivity contribution in [3.8, 4) is 0 Å². The van der Waals surface area contributed by atoms with E-state index < -0.39 is 0 Å². The molecule has 1 aliphatic rings. The molecule has 136 valence electrons. The largest absolute Gasteiger partial charge is 0.356 e. The second-order valence-corrected chi connectivity index (χ2v) is 7.31. The van der Waals surface area contributed by atoms with Gasteiger partial charge >= 0.3 is 0 Å². The molecule has 0 amide bonds. The highest BCUT2D eigenvalue weighted by atomic mass is 32.1. The van der Waals surface area contributed by atoms with Gasteiger partial charge in [0.25, 0.3) is 0 Å². The van der Waals surface area contributed by atoms with Crippen molar-refractivity contribution in [2.45, 2.75) is 38.6 Å². The van der Waals surface area contributed by atoms with Crippen LogP contribution >= 0.6 is 11.3 Å². The van der Waals surface area contributed by atoms with Crippen LogP contribution in [0.5, 0.6) is 0 Å². The summed E-state index contributed by atoms with van der Waals surface area (Å²) in [5.74, 6) is 0.852. The highest BCUT2D eigenvalue weighted by Gasteiger charge is 2.08. The number of thiazole rings is 1. The molecule has 1 aliphatic heterocycles. The van der Waals surface area contributed by atoms with Crippen molar-refractivity contribution >= 4 is 22.4 Å². The normalized spacial score (nSPS) is 16.7. The minimum Gasteiger partial charge on any atom is -0.356 e. The third-order valence-corrected chi connectivity index (χ3v) is 5.28. The molecule has 7 heteroatoms. The van der Waals surface area contributed by atoms with E-state index in [4.69, 9.17) is 0 Å². The zero-order valence-electron chi connectivity index (χ0n) is 15.3. The molecule has 2 N–H and O–H groups in total. The van der Waals surface area contributed by atoms with Crippen LogP contribution in [0, 0.1) is 0 Å². The Morgan fingerprint density at radius 3 is 2.62 bits per heavy atom. The lowest BCUT2D eigenvalue weighted by atomic mass is 10.2. The van der Waals surface area contributed by atoms with Crippen LogP contribution in [-0.4, -0.2) is 63.2 Å². The summed E-state index contributed by atoms with van der Waals surface area (Å²) in [6.45, 7) is 5.38. The lowest BCUT2D eigenvalue weighted by molar-refractivity contribution is 0.282. The molecule has 1 fully saturated rings. The van der Waals surface area contributed by atoms with Crippen molar-refractivity contribution in [2.75, 3.05) is 52.2 Å². The molecule has 0 aliphatic carbocycles. The summed E-state index contributed by atoms with van der Waals surface area (Å²) >= 11 is 1.66. The number of nitrogens with one attached hydrogen (secondary N) is 2. The van der Waals surface area contributed by atoms with Gasteiger partial charge in [-0.1, -0.05) is 12.8 Å². The van der Waals surface area contributed by atoms with E-state index in [-0.39, 0.29) is 0 Å². The molecule has 0 unspecified atom stereocenters. The average Bonchev–Trinajstić information content (AvgIpc) is 2.91. The minimum absolute atomic E-state index is 0.705. The third kappa shape index (κ3) is 6.65. The molecule has 1 aromatic rings. The van der Waals surface area contributed by atoms with Gasteiger partial charge in [0.2, 0.25) is 0 Å². The molecular weight excluding hydrogens is 320 g/mol. The van der Waals surface area contributed by atoms with Crippen LogP contribution in [0.25, 0.3) is 0 Å². The zero-order chi connectivity index (χ0) is 17.2. The molecular formula is C17H32N6S. The van der Waals surface area contributed by atoms with E-state index in [0.29, 0.717) is 6.54 Å². The predicted molar refractivity (Wildman–Crippen MR) is 104 cm³/mol. The van der Waals surface area contributed by atoms with E-state index in [1.165, 1.54) is 45.3 Å². The molecule has 1 saturated heterocycles. The van der Waals surface area contributed by atoms with Crippen molar-refractivity contribution in [3.63, 3.8) is 0 Å². The fraction of sp³-hybridized carbons (Fsp3) is 0.765. The second-order valence-electron chi connectivity index (χ2n) is 6.48. The molecule has 24 heavy (non-hydrogen) atoms. The van der Waals surface area contributed by atoms with E-state index in [9.17, 15) is 0 Å². The number of anilines is 1. The van der Waals surface area contributed by atoms with Gasteiger partial charge in [0, 0.05) is 33.1 Å².